The SMILES string of the molecule is CC.CC.c1ccc(-c2ccc(-c3ccc(-c4ccc(-n5c6ccccc6c6ccccc65)cc4)cc3-c3ccc(-n4c5ccccc5c5ccccc54)cc3)c(-c3ccccc3)c2)cc1. The van der Waals surface area contributed by atoms with E-state index in [0.29, 0.717) is 0 Å². The fraction of sp³-hybridized carbons (Fsp3) is 0.0625. The Morgan fingerprint density at radius 1 is 0.212 bits per heavy atom. The largest absolute Gasteiger partial charge is 0.309 e. The fourth-order valence-electron chi connectivity index (χ4n) is 9.64. The van der Waals surface area contributed by atoms with E-state index in [1.54, 1.807) is 0 Å². The molecule has 0 N–H and O–H groups in total. The van der Waals surface area contributed by atoms with E-state index in [2.05, 4.69) is 252 Å². The van der Waals surface area contributed by atoms with Crippen molar-refractivity contribution in [2.45, 2.75) is 27.7 Å². The Morgan fingerprint density at radius 2 is 0.485 bits per heavy atom. The molecule has 0 radical (unpaired) electrons. The normalized spacial score (nSPS) is 11.0. The third kappa shape index (κ3) is 7.47. The first kappa shape index (κ1) is 41.8. The van der Waals surface area contributed by atoms with Gasteiger partial charge < -0.3 is 9.13 Å². The van der Waals surface area contributed by atoms with Crippen LogP contribution in [0.5, 0.6) is 0 Å². The Bertz CT molecular complexity index is 3490. The number of hydrogen-bond donors (Lipinski definition) is 0. The molecular weight excluding hydrogens is 797 g/mol. The van der Waals surface area contributed by atoms with E-state index in [1.165, 1.54) is 99.2 Å². The van der Waals surface area contributed by atoms with Crippen molar-refractivity contribution in [1.82, 2.24) is 9.13 Å². The van der Waals surface area contributed by atoms with Crippen LogP contribution in [0.15, 0.2) is 243 Å². The van der Waals surface area contributed by atoms with Crippen LogP contribution in [0.1, 0.15) is 27.7 Å². The zero-order valence-electron chi connectivity index (χ0n) is 38.0. The number of rotatable bonds is 7. The molecule has 0 aliphatic carbocycles. The van der Waals surface area contributed by atoms with E-state index in [4.69, 9.17) is 0 Å². The van der Waals surface area contributed by atoms with Crippen molar-refractivity contribution in [2.75, 3.05) is 0 Å². The second-order valence-corrected chi connectivity index (χ2v) is 16.1. The van der Waals surface area contributed by atoms with Gasteiger partial charge in [0.15, 0.2) is 0 Å². The second kappa shape index (κ2) is 18.5. The topological polar surface area (TPSA) is 9.86 Å². The predicted molar refractivity (Wildman–Crippen MR) is 285 cm³/mol. The van der Waals surface area contributed by atoms with E-state index in [9.17, 15) is 0 Å². The van der Waals surface area contributed by atoms with Crippen molar-refractivity contribution in [1.29, 1.82) is 0 Å². The van der Waals surface area contributed by atoms with Crippen molar-refractivity contribution < 1.29 is 0 Å². The summed E-state index contributed by atoms with van der Waals surface area (Å²) in [6.45, 7) is 8.00. The highest BCUT2D eigenvalue weighted by atomic mass is 15.0. The molecule has 0 aliphatic rings. The highest BCUT2D eigenvalue weighted by molar-refractivity contribution is 6.10. The van der Waals surface area contributed by atoms with Gasteiger partial charge in [0, 0.05) is 32.9 Å². The molecule has 2 heterocycles. The molecule has 12 rings (SSSR count). The van der Waals surface area contributed by atoms with Crippen LogP contribution < -0.4 is 0 Å². The Labute approximate surface area is 388 Å². The number of nitrogens with zero attached hydrogens (tertiary/aromatic N) is 2. The average Bonchev–Trinajstić information content (AvgIpc) is 3.93. The van der Waals surface area contributed by atoms with Gasteiger partial charge >= 0.3 is 0 Å². The molecule has 2 heteroatoms. The molecular formula is C64H52N2. The minimum absolute atomic E-state index is 1.14. The van der Waals surface area contributed by atoms with Gasteiger partial charge in [-0.15, -0.1) is 0 Å². The molecule has 0 spiro atoms. The number of benzene rings is 10. The van der Waals surface area contributed by atoms with Gasteiger partial charge in [0.1, 0.15) is 0 Å². The third-order valence-corrected chi connectivity index (χ3v) is 12.6. The summed E-state index contributed by atoms with van der Waals surface area (Å²) in [6.07, 6.45) is 0. The molecule has 0 atom stereocenters. The molecule has 0 saturated heterocycles. The maximum atomic E-state index is 2.39. The molecule has 0 aliphatic heterocycles. The molecule has 0 bridgehead atoms. The Balaban J connectivity index is 0.00000125. The van der Waals surface area contributed by atoms with E-state index in [-0.39, 0.29) is 0 Å². The summed E-state index contributed by atoms with van der Waals surface area (Å²) in [5.74, 6) is 0. The van der Waals surface area contributed by atoms with Gasteiger partial charge in [-0.3, -0.25) is 0 Å². The quantitative estimate of drug-likeness (QED) is 0.151. The summed E-state index contributed by atoms with van der Waals surface area (Å²) in [5.41, 5.74) is 19.0. The third-order valence-electron chi connectivity index (χ3n) is 12.6. The van der Waals surface area contributed by atoms with Gasteiger partial charge in [-0.2, -0.15) is 0 Å². The number of hydrogen-bond acceptors (Lipinski definition) is 0. The van der Waals surface area contributed by atoms with Crippen LogP contribution in [0.2, 0.25) is 0 Å². The monoisotopic (exact) mass is 848 g/mol. The van der Waals surface area contributed by atoms with E-state index in [1.807, 2.05) is 27.7 Å². The molecule has 66 heavy (non-hydrogen) atoms. The van der Waals surface area contributed by atoms with Crippen molar-refractivity contribution in [3.63, 3.8) is 0 Å². The smallest absolute Gasteiger partial charge is 0.0541 e. The lowest BCUT2D eigenvalue weighted by molar-refractivity contribution is 1.18. The Kier molecular flexibility index (Phi) is 11.7. The lowest BCUT2D eigenvalue weighted by atomic mass is 9.86. The summed E-state index contributed by atoms with van der Waals surface area (Å²) in [6, 6.07) is 88.5. The van der Waals surface area contributed by atoms with Gasteiger partial charge in [-0.25, -0.2) is 0 Å². The molecule has 10 aromatic carbocycles. The second-order valence-electron chi connectivity index (χ2n) is 16.1. The standard InChI is InChI=1S/C60H40N2.2C2H6/c1-3-15-41(16-4-1)45-31-37-49(55(39-45)43-17-5-2-6-18-43)50-38-32-46(42-27-33-47(34-28-42)61-57-23-11-7-19-51(57)52-20-8-12-24-58(52)61)40-56(50)44-29-35-48(36-30-44)62-59-25-13-9-21-53(59)54-22-10-14-26-60(54)62;2*1-2/h1-40H;2*1-2H3. The summed E-state index contributed by atoms with van der Waals surface area (Å²) in [4.78, 5) is 0. The molecule has 2 aromatic heterocycles. The number of fused-ring (bicyclic) bond motifs is 6. The predicted octanol–water partition coefficient (Wildman–Crippen LogP) is 18.3. The van der Waals surface area contributed by atoms with E-state index in [0.717, 1.165) is 11.4 Å². The first-order valence-corrected chi connectivity index (χ1v) is 23.3. The van der Waals surface area contributed by atoms with Crippen LogP contribution in [-0.2, 0) is 0 Å². The lowest BCUT2D eigenvalue weighted by Gasteiger charge is -2.18. The molecule has 0 saturated carbocycles. The van der Waals surface area contributed by atoms with Gasteiger partial charge in [0.25, 0.3) is 0 Å². The zero-order valence-corrected chi connectivity index (χ0v) is 38.0. The van der Waals surface area contributed by atoms with Crippen LogP contribution in [0.3, 0.4) is 0 Å². The number of para-hydroxylation sites is 4. The first-order chi connectivity index (χ1) is 32.8. The fourth-order valence-corrected chi connectivity index (χ4v) is 9.64. The van der Waals surface area contributed by atoms with Crippen LogP contribution in [-0.4, -0.2) is 9.13 Å². The van der Waals surface area contributed by atoms with E-state index < -0.39 is 0 Å². The molecule has 0 unspecified atom stereocenters. The van der Waals surface area contributed by atoms with Gasteiger partial charge in [0.05, 0.1) is 22.1 Å². The van der Waals surface area contributed by atoms with Crippen molar-refractivity contribution in [3.8, 4) is 67.0 Å². The summed E-state index contributed by atoms with van der Waals surface area (Å²) in [5, 5.41) is 5.06. The maximum Gasteiger partial charge on any atom is 0.0541 e. The van der Waals surface area contributed by atoms with Crippen molar-refractivity contribution in [2.24, 2.45) is 0 Å². The molecule has 2 nitrogen and oxygen atoms in total. The Morgan fingerprint density at radius 3 is 0.864 bits per heavy atom. The molecule has 0 amide bonds. The maximum absolute atomic E-state index is 2.39. The van der Waals surface area contributed by atoms with Crippen LogP contribution in [0.25, 0.3) is 111 Å². The van der Waals surface area contributed by atoms with Gasteiger partial charge in [0.2, 0.25) is 0 Å². The first-order valence-electron chi connectivity index (χ1n) is 23.3. The highest BCUT2D eigenvalue weighted by Gasteiger charge is 2.18. The summed E-state index contributed by atoms with van der Waals surface area (Å²) < 4.78 is 4.77. The van der Waals surface area contributed by atoms with Crippen LogP contribution in [0.4, 0.5) is 0 Å². The van der Waals surface area contributed by atoms with Gasteiger partial charge in [-0.05, 0) is 116 Å². The Hall–Kier alpha value is -8.20. The summed E-state index contributed by atoms with van der Waals surface area (Å²) >= 11 is 0. The van der Waals surface area contributed by atoms with Crippen molar-refractivity contribution >= 4 is 43.6 Å². The van der Waals surface area contributed by atoms with Crippen LogP contribution in [0, 0.1) is 0 Å². The highest BCUT2D eigenvalue weighted by Crippen LogP contribution is 2.43. The molecule has 0 fully saturated rings. The molecule has 318 valence electrons. The number of aromatic nitrogens is 2. The van der Waals surface area contributed by atoms with Gasteiger partial charge in [-0.1, -0.05) is 210 Å². The lowest BCUT2D eigenvalue weighted by Crippen LogP contribution is -1.95. The minimum atomic E-state index is 1.14. The van der Waals surface area contributed by atoms with E-state index >= 15 is 0 Å². The summed E-state index contributed by atoms with van der Waals surface area (Å²) in [7, 11) is 0. The van der Waals surface area contributed by atoms with Crippen LogP contribution >= 0.6 is 0 Å². The zero-order chi connectivity index (χ0) is 45.0. The average molecular weight is 849 g/mol. The van der Waals surface area contributed by atoms with Crippen molar-refractivity contribution in [3.05, 3.63) is 243 Å². The minimum Gasteiger partial charge on any atom is -0.309 e. The molecule has 12 aromatic rings.